The SMILES string of the molecule is C(#CC1COCc2ccccc21)c1ccccc1. The molecule has 1 heterocycles. The zero-order chi connectivity index (χ0) is 12.2. The molecule has 0 radical (unpaired) electrons. The maximum absolute atomic E-state index is 5.59. The molecule has 1 heteroatoms. The van der Waals surface area contributed by atoms with Crippen molar-refractivity contribution in [3.05, 3.63) is 71.3 Å². The molecule has 18 heavy (non-hydrogen) atoms. The highest BCUT2D eigenvalue weighted by Crippen LogP contribution is 2.25. The number of ether oxygens (including phenoxy) is 1. The summed E-state index contributed by atoms with van der Waals surface area (Å²) in [6.07, 6.45) is 0. The van der Waals surface area contributed by atoms with Gasteiger partial charge in [-0.3, -0.25) is 0 Å². The van der Waals surface area contributed by atoms with Gasteiger partial charge in [-0.05, 0) is 23.3 Å². The van der Waals surface area contributed by atoms with Gasteiger partial charge in [0.25, 0.3) is 0 Å². The number of benzene rings is 2. The fourth-order valence-electron chi connectivity index (χ4n) is 2.19. The quantitative estimate of drug-likeness (QED) is 0.635. The average Bonchev–Trinajstić information content (AvgIpc) is 2.46. The van der Waals surface area contributed by atoms with Crippen molar-refractivity contribution in [1.29, 1.82) is 0 Å². The van der Waals surface area contributed by atoms with E-state index in [0.717, 1.165) is 5.56 Å². The fourth-order valence-corrected chi connectivity index (χ4v) is 2.19. The normalized spacial score (nSPS) is 17.4. The number of rotatable bonds is 0. The van der Waals surface area contributed by atoms with E-state index in [0.29, 0.717) is 13.2 Å². The van der Waals surface area contributed by atoms with Gasteiger partial charge in [0.15, 0.2) is 0 Å². The summed E-state index contributed by atoms with van der Waals surface area (Å²) in [5, 5.41) is 0. The van der Waals surface area contributed by atoms with Crippen LogP contribution in [0.4, 0.5) is 0 Å². The zero-order valence-corrected chi connectivity index (χ0v) is 10.1. The summed E-state index contributed by atoms with van der Waals surface area (Å²) in [6, 6.07) is 18.5. The molecule has 0 bridgehead atoms. The number of fused-ring (bicyclic) bond motifs is 1. The lowest BCUT2D eigenvalue weighted by Gasteiger charge is -2.21. The van der Waals surface area contributed by atoms with Gasteiger partial charge in [0.2, 0.25) is 0 Å². The summed E-state index contributed by atoms with van der Waals surface area (Å²) < 4.78 is 5.59. The molecular formula is C17H14O. The van der Waals surface area contributed by atoms with Gasteiger partial charge in [0.05, 0.1) is 19.1 Å². The molecule has 0 aliphatic carbocycles. The second-order valence-electron chi connectivity index (χ2n) is 4.40. The molecular weight excluding hydrogens is 220 g/mol. The Balaban J connectivity index is 1.89. The molecule has 1 unspecified atom stereocenters. The average molecular weight is 234 g/mol. The predicted molar refractivity (Wildman–Crippen MR) is 72.2 cm³/mol. The van der Waals surface area contributed by atoms with Crippen LogP contribution in [-0.4, -0.2) is 6.61 Å². The van der Waals surface area contributed by atoms with Gasteiger partial charge < -0.3 is 4.74 Å². The molecule has 0 amide bonds. The first-order chi connectivity index (χ1) is 8.93. The Morgan fingerprint density at radius 2 is 1.72 bits per heavy atom. The monoisotopic (exact) mass is 234 g/mol. The Labute approximate surface area is 107 Å². The first kappa shape index (κ1) is 11.1. The molecule has 0 fully saturated rings. The molecule has 1 nitrogen and oxygen atoms in total. The van der Waals surface area contributed by atoms with E-state index in [4.69, 9.17) is 4.74 Å². The first-order valence-electron chi connectivity index (χ1n) is 6.15. The third kappa shape index (κ3) is 2.30. The van der Waals surface area contributed by atoms with Crippen LogP contribution in [0.2, 0.25) is 0 Å². The smallest absolute Gasteiger partial charge is 0.0720 e. The fraction of sp³-hybridized carbons (Fsp3) is 0.176. The molecule has 3 rings (SSSR count). The van der Waals surface area contributed by atoms with Crippen LogP contribution in [-0.2, 0) is 11.3 Å². The van der Waals surface area contributed by atoms with Crippen LogP contribution in [0.1, 0.15) is 22.6 Å². The minimum atomic E-state index is 0.190. The summed E-state index contributed by atoms with van der Waals surface area (Å²) in [6.45, 7) is 1.40. The van der Waals surface area contributed by atoms with Crippen LogP contribution in [0.5, 0.6) is 0 Å². The molecule has 0 saturated carbocycles. The number of hydrogen-bond acceptors (Lipinski definition) is 1. The summed E-state index contributed by atoms with van der Waals surface area (Å²) in [7, 11) is 0. The van der Waals surface area contributed by atoms with Gasteiger partial charge in [-0.25, -0.2) is 0 Å². The Morgan fingerprint density at radius 1 is 0.944 bits per heavy atom. The van der Waals surface area contributed by atoms with Crippen molar-refractivity contribution in [1.82, 2.24) is 0 Å². The van der Waals surface area contributed by atoms with Gasteiger partial charge >= 0.3 is 0 Å². The van der Waals surface area contributed by atoms with Crippen LogP contribution in [0.25, 0.3) is 0 Å². The molecule has 1 atom stereocenters. The highest BCUT2D eigenvalue weighted by molar-refractivity contribution is 5.41. The Morgan fingerprint density at radius 3 is 2.61 bits per heavy atom. The summed E-state index contributed by atoms with van der Waals surface area (Å²) in [5.41, 5.74) is 3.63. The third-order valence-corrected chi connectivity index (χ3v) is 3.14. The Hall–Kier alpha value is -2.04. The minimum absolute atomic E-state index is 0.190. The summed E-state index contributed by atoms with van der Waals surface area (Å²) >= 11 is 0. The van der Waals surface area contributed by atoms with Crippen molar-refractivity contribution in [2.75, 3.05) is 6.61 Å². The number of hydrogen-bond donors (Lipinski definition) is 0. The van der Waals surface area contributed by atoms with E-state index in [1.54, 1.807) is 0 Å². The van der Waals surface area contributed by atoms with Crippen molar-refractivity contribution in [3.8, 4) is 11.8 Å². The van der Waals surface area contributed by atoms with Gasteiger partial charge in [-0.15, -0.1) is 0 Å². The van der Waals surface area contributed by atoms with Gasteiger partial charge in [0.1, 0.15) is 0 Å². The Kier molecular flexibility index (Phi) is 3.12. The Bertz CT molecular complexity index is 590. The van der Waals surface area contributed by atoms with Crippen LogP contribution in [0.3, 0.4) is 0 Å². The second-order valence-corrected chi connectivity index (χ2v) is 4.40. The molecule has 2 aromatic carbocycles. The molecule has 0 aromatic heterocycles. The zero-order valence-electron chi connectivity index (χ0n) is 10.1. The van der Waals surface area contributed by atoms with E-state index in [9.17, 15) is 0 Å². The van der Waals surface area contributed by atoms with Crippen molar-refractivity contribution in [2.45, 2.75) is 12.5 Å². The van der Waals surface area contributed by atoms with Crippen LogP contribution < -0.4 is 0 Å². The highest BCUT2D eigenvalue weighted by atomic mass is 16.5. The molecule has 0 N–H and O–H groups in total. The summed E-state index contributed by atoms with van der Waals surface area (Å²) in [5.74, 6) is 6.73. The minimum Gasteiger partial charge on any atom is -0.375 e. The third-order valence-electron chi connectivity index (χ3n) is 3.14. The van der Waals surface area contributed by atoms with Gasteiger partial charge in [-0.1, -0.05) is 54.3 Å². The molecule has 2 aromatic rings. The van der Waals surface area contributed by atoms with Crippen LogP contribution >= 0.6 is 0 Å². The molecule has 0 spiro atoms. The molecule has 0 saturated heterocycles. The van der Waals surface area contributed by atoms with Crippen molar-refractivity contribution >= 4 is 0 Å². The topological polar surface area (TPSA) is 9.23 Å². The maximum Gasteiger partial charge on any atom is 0.0720 e. The lowest BCUT2D eigenvalue weighted by Crippen LogP contribution is -2.15. The van der Waals surface area contributed by atoms with E-state index in [2.05, 4.69) is 36.1 Å². The largest absolute Gasteiger partial charge is 0.375 e. The molecule has 1 aliphatic heterocycles. The molecule has 88 valence electrons. The van der Waals surface area contributed by atoms with Crippen LogP contribution in [0.15, 0.2) is 54.6 Å². The van der Waals surface area contributed by atoms with Crippen molar-refractivity contribution in [2.24, 2.45) is 0 Å². The van der Waals surface area contributed by atoms with Gasteiger partial charge in [-0.2, -0.15) is 0 Å². The predicted octanol–water partition coefficient (Wildman–Crippen LogP) is 3.35. The first-order valence-corrected chi connectivity index (χ1v) is 6.15. The lowest BCUT2D eigenvalue weighted by atomic mass is 9.93. The van der Waals surface area contributed by atoms with E-state index < -0.39 is 0 Å². The highest BCUT2D eigenvalue weighted by Gasteiger charge is 2.17. The van der Waals surface area contributed by atoms with E-state index in [1.807, 2.05) is 30.3 Å². The lowest BCUT2D eigenvalue weighted by molar-refractivity contribution is 0.103. The standard InChI is InChI=1S/C17H14O/c1-2-6-14(7-3-1)10-11-16-13-18-12-15-8-4-5-9-17(15)16/h1-9,16H,12-13H2. The van der Waals surface area contributed by atoms with Crippen molar-refractivity contribution in [3.63, 3.8) is 0 Å². The second kappa shape index (κ2) is 5.08. The van der Waals surface area contributed by atoms with E-state index in [1.165, 1.54) is 11.1 Å². The maximum atomic E-state index is 5.59. The van der Waals surface area contributed by atoms with E-state index in [-0.39, 0.29) is 5.92 Å². The van der Waals surface area contributed by atoms with Crippen molar-refractivity contribution < 1.29 is 4.74 Å². The van der Waals surface area contributed by atoms with Crippen LogP contribution in [0, 0.1) is 11.8 Å². The van der Waals surface area contributed by atoms with Gasteiger partial charge in [0, 0.05) is 5.56 Å². The van der Waals surface area contributed by atoms with E-state index >= 15 is 0 Å². The molecule has 1 aliphatic rings. The summed E-state index contributed by atoms with van der Waals surface area (Å²) in [4.78, 5) is 0.